The molecule has 1 aromatic rings. The highest BCUT2D eigenvalue weighted by Crippen LogP contribution is 2.33. The van der Waals surface area contributed by atoms with Crippen molar-refractivity contribution in [1.82, 2.24) is 5.32 Å². The van der Waals surface area contributed by atoms with Gasteiger partial charge in [-0.3, -0.25) is 4.79 Å². The standard InChI is InChI=1S/C16H22N2OS/c1-20-15-5-3-2-4-14(15)18-16(19)10-11-8-12-6-7-13(9-11)17-12/h2-5,11-13,17H,6-10H2,1H3,(H,18,19). The first kappa shape index (κ1) is 14.0. The van der Waals surface area contributed by atoms with E-state index in [1.165, 1.54) is 12.8 Å². The van der Waals surface area contributed by atoms with Crippen LogP contribution in [-0.4, -0.2) is 24.2 Å². The summed E-state index contributed by atoms with van der Waals surface area (Å²) in [6.07, 6.45) is 7.60. The monoisotopic (exact) mass is 290 g/mol. The van der Waals surface area contributed by atoms with Crippen molar-refractivity contribution >= 4 is 23.4 Å². The van der Waals surface area contributed by atoms with E-state index in [0.29, 0.717) is 24.4 Å². The SMILES string of the molecule is CSc1ccccc1NC(=O)CC1CC2CCC(C1)N2. The number of hydrogen-bond acceptors (Lipinski definition) is 3. The molecule has 1 amide bonds. The number of para-hydroxylation sites is 1. The molecule has 2 N–H and O–H groups in total. The van der Waals surface area contributed by atoms with Gasteiger partial charge in [-0.2, -0.15) is 0 Å². The molecule has 2 atom stereocenters. The maximum absolute atomic E-state index is 12.2. The Kier molecular flexibility index (Phi) is 4.32. The molecule has 2 aliphatic rings. The summed E-state index contributed by atoms with van der Waals surface area (Å²) in [4.78, 5) is 13.4. The van der Waals surface area contributed by atoms with E-state index >= 15 is 0 Å². The second-order valence-electron chi connectivity index (χ2n) is 5.93. The van der Waals surface area contributed by atoms with Crippen LogP contribution in [0.5, 0.6) is 0 Å². The summed E-state index contributed by atoms with van der Waals surface area (Å²) in [6.45, 7) is 0. The molecule has 2 saturated heterocycles. The summed E-state index contributed by atoms with van der Waals surface area (Å²) < 4.78 is 0. The lowest BCUT2D eigenvalue weighted by Crippen LogP contribution is -2.39. The summed E-state index contributed by atoms with van der Waals surface area (Å²) in [5.41, 5.74) is 0.946. The van der Waals surface area contributed by atoms with Gasteiger partial charge in [-0.25, -0.2) is 0 Å². The molecular formula is C16H22N2OS. The number of carbonyl (C=O) groups excluding carboxylic acids is 1. The van der Waals surface area contributed by atoms with Crippen molar-refractivity contribution in [2.45, 2.75) is 49.1 Å². The van der Waals surface area contributed by atoms with E-state index in [9.17, 15) is 4.79 Å². The molecule has 2 bridgehead atoms. The average Bonchev–Trinajstić information content (AvgIpc) is 2.78. The Morgan fingerprint density at radius 3 is 2.70 bits per heavy atom. The number of thioether (sulfide) groups is 1. The maximum Gasteiger partial charge on any atom is 0.224 e. The molecule has 2 heterocycles. The molecule has 2 aliphatic heterocycles. The lowest BCUT2D eigenvalue weighted by Gasteiger charge is -2.28. The van der Waals surface area contributed by atoms with Gasteiger partial charge in [-0.15, -0.1) is 11.8 Å². The van der Waals surface area contributed by atoms with Gasteiger partial charge in [0, 0.05) is 23.4 Å². The number of nitrogens with one attached hydrogen (secondary N) is 2. The van der Waals surface area contributed by atoms with E-state index < -0.39 is 0 Å². The second kappa shape index (κ2) is 6.19. The quantitative estimate of drug-likeness (QED) is 0.836. The van der Waals surface area contributed by atoms with Gasteiger partial charge in [-0.05, 0) is 50.0 Å². The zero-order valence-corrected chi connectivity index (χ0v) is 12.7. The van der Waals surface area contributed by atoms with E-state index in [1.807, 2.05) is 30.5 Å². The minimum absolute atomic E-state index is 0.165. The van der Waals surface area contributed by atoms with Gasteiger partial charge in [0.25, 0.3) is 0 Å². The largest absolute Gasteiger partial charge is 0.325 e. The van der Waals surface area contributed by atoms with Crippen LogP contribution in [0.2, 0.25) is 0 Å². The van der Waals surface area contributed by atoms with Gasteiger partial charge in [-0.1, -0.05) is 12.1 Å². The van der Waals surface area contributed by atoms with Crippen LogP contribution in [0.3, 0.4) is 0 Å². The van der Waals surface area contributed by atoms with Crippen molar-refractivity contribution < 1.29 is 4.79 Å². The number of fused-ring (bicyclic) bond motifs is 2. The van der Waals surface area contributed by atoms with Crippen LogP contribution >= 0.6 is 11.8 Å². The number of carbonyl (C=O) groups is 1. The fourth-order valence-electron chi connectivity index (χ4n) is 3.55. The zero-order chi connectivity index (χ0) is 13.9. The highest BCUT2D eigenvalue weighted by Gasteiger charge is 2.34. The van der Waals surface area contributed by atoms with Crippen LogP contribution in [-0.2, 0) is 4.79 Å². The zero-order valence-electron chi connectivity index (χ0n) is 11.9. The van der Waals surface area contributed by atoms with E-state index in [0.717, 1.165) is 23.4 Å². The third-order valence-corrected chi connectivity index (χ3v) is 5.22. The third kappa shape index (κ3) is 3.18. The average molecular weight is 290 g/mol. The summed E-state index contributed by atoms with van der Waals surface area (Å²) in [5.74, 6) is 0.716. The van der Waals surface area contributed by atoms with Crippen molar-refractivity contribution in [2.75, 3.05) is 11.6 Å². The molecule has 0 saturated carbocycles. The van der Waals surface area contributed by atoms with Gasteiger partial charge in [0.05, 0.1) is 5.69 Å². The highest BCUT2D eigenvalue weighted by atomic mass is 32.2. The summed E-state index contributed by atoms with van der Waals surface area (Å²) in [7, 11) is 0. The fraction of sp³-hybridized carbons (Fsp3) is 0.562. The van der Waals surface area contributed by atoms with E-state index in [-0.39, 0.29) is 5.91 Å². The first-order chi connectivity index (χ1) is 9.74. The predicted octanol–water partition coefficient (Wildman–Crippen LogP) is 3.27. The fourth-order valence-corrected chi connectivity index (χ4v) is 4.11. The van der Waals surface area contributed by atoms with Gasteiger partial charge in [0.1, 0.15) is 0 Å². The van der Waals surface area contributed by atoms with Crippen molar-refractivity contribution in [3.05, 3.63) is 24.3 Å². The Balaban J connectivity index is 1.57. The molecule has 2 unspecified atom stereocenters. The van der Waals surface area contributed by atoms with Gasteiger partial charge in [0.15, 0.2) is 0 Å². The highest BCUT2D eigenvalue weighted by molar-refractivity contribution is 7.98. The van der Waals surface area contributed by atoms with E-state index in [2.05, 4.69) is 10.6 Å². The number of hydrogen-bond donors (Lipinski definition) is 2. The number of rotatable bonds is 4. The number of anilines is 1. The third-order valence-electron chi connectivity index (χ3n) is 4.43. The Morgan fingerprint density at radius 1 is 1.30 bits per heavy atom. The number of amides is 1. The summed E-state index contributed by atoms with van der Waals surface area (Å²) in [6, 6.07) is 9.32. The van der Waals surface area contributed by atoms with Crippen LogP contribution in [0, 0.1) is 5.92 Å². The lowest BCUT2D eigenvalue weighted by atomic mass is 9.89. The molecule has 0 aromatic heterocycles. The Morgan fingerprint density at radius 2 is 2.00 bits per heavy atom. The molecule has 3 rings (SSSR count). The van der Waals surface area contributed by atoms with Gasteiger partial charge in [0.2, 0.25) is 5.91 Å². The smallest absolute Gasteiger partial charge is 0.224 e. The van der Waals surface area contributed by atoms with Crippen LogP contribution < -0.4 is 10.6 Å². The molecule has 1 aromatic carbocycles. The van der Waals surface area contributed by atoms with Crippen molar-refractivity contribution in [2.24, 2.45) is 5.92 Å². The van der Waals surface area contributed by atoms with E-state index in [4.69, 9.17) is 0 Å². The van der Waals surface area contributed by atoms with Crippen LogP contribution in [0.25, 0.3) is 0 Å². The predicted molar refractivity (Wildman–Crippen MR) is 84.1 cm³/mol. The number of piperidine rings is 1. The molecule has 0 aliphatic carbocycles. The molecule has 0 spiro atoms. The molecule has 0 radical (unpaired) electrons. The minimum Gasteiger partial charge on any atom is -0.325 e. The molecule has 3 nitrogen and oxygen atoms in total. The topological polar surface area (TPSA) is 41.1 Å². The Hall–Kier alpha value is -1.00. The minimum atomic E-state index is 0.165. The Bertz CT molecular complexity index is 479. The molecule has 20 heavy (non-hydrogen) atoms. The van der Waals surface area contributed by atoms with Crippen molar-refractivity contribution in [3.63, 3.8) is 0 Å². The van der Waals surface area contributed by atoms with Crippen LogP contribution in [0.4, 0.5) is 5.69 Å². The summed E-state index contributed by atoms with van der Waals surface area (Å²) in [5, 5.41) is 6.71. The summed E-state index contributed by atoms with van der Waals surface area (Å²) >= 11 is 1.67. The number of benzene rings is 1. The molecule has 2 fully saturated rings. The molecule has 4 heteroatoms. The van der Waals surface area contributed by atoms with Crippen molar-refractivity contribution in [1.29, 1.82) is 0 Å². The maximum atomic E-state index is 12.2. The molecular weight excluding hydrogens is 268 g/mol. The van der Waals surface area contributed by atoms with Crippen LogP contribution in [0.1, 0.15) is 32.1 Å². The normalized spacial score (nSPS) is 28.4. The lowest BCUT2D eigenvalue weighted by molar-refractivity contribution is -0.117. The van der Waals surface area contributed by atoms with Crippen molar-refractivity contribution in [3.8, 4) is 0 Å². The molecule has 108 valence electrons. The second-order valence-corrected chi connectivity index (χ2v) is 6.78. The van der Waals surface area contributed by atoms with E-state index in [1.54, 1.807) is 11.8 Å². The Labute approximate surface area is 124 Å². The first-order valence-electron chi connectivity index (χ1n) is 7.43. The van der Waals surface area contributed by atoms with Crippen LogP contribution in [0.15, 0.2) is 29.2 Å². The van der Waals surface area contributed by atoms with Gasteiger partial charge < -0.3 is 10.6 Å². The first-order valence-corrected chi connectivity index (χ1v) is 8.66. The van der Waals surface area contributed by atoms with Gasteiger partial charge >= 0.3 is 0 Å².